The van der Waals surface area contributed by atoms with Gasteiger partial charge in [0, 0.05) is 5.54 Å². The average Bonchev–Trinajstić information content (AvgIpc) is 2.68. The topological polar surface area (TPSA) is 26.0 Å². The Labute approximate surface area is 99.0 Å². The van der Waals surface area contributed by atoms with Crippen molar-refractivity contribution >= 4 is 0 Å². The molecule has 0 aliphatic heterocycles. The minimum atomic E-state index is -0.0483. The van der Waals surface area contributed by atoms with E-state index in [2.05, 4.69) is 33.8 Å². The van der Waals surface area contributed by atoms with Crippen LogP contribution in [0.15, 0.2) is 6.07 Å². The monoisotopic (exact) mass is 217 g/mol. The molecule has 2 N–H and O–H groups in total. The lowest BCUT2D eigenvalue weighted by Crippen LogP contribution is -2.34. The predicted molar refractivity (Wildman–Crippen MR) is 69.7 cm³/mol. The molecule has 1 fully saturated rings. The molecule has 2 rings (SSSR count). The van der Waals surface area contributed by atoms with E-state index in [0.717, 1.165) is 12.8 Å². The highest BCUT2D eigenvalue weighted by Crippen LogP contribution is 2.39. The molecule has 0 bridgehead atoms. The van der Waals surface area contributed by atoms with E-state index in [4.69, 9.17) is 5.73 Å². The van der Waals surface area contributed by atoms with Gasteiger partial charge in [0.2, 0.25) is 0 Å². The van der Waals surface area contributed by atoms with Gasteiger partial charge < -0.3 is 5.73 Å². The van der Waals surface area contributed by atoms with Crippen molar-refractivity contribution in [1.29, 1.82) is 0 Å². The largest absolute Gasteiger partial charge is 0.321 e. The second-order valence-electron chi connectivity index (χ2n) is 5.48. The molecule has 1 aliphatic carbocycles. The lowest BCUT2D eigenvalue weighted by molar-refractivity contribution is 0.458. The van der Waals surface area contributed by atoms with Gasteiger partial charge in [-0.25, -0.2) is 0 Å². The molecule has 0 spiro atoms. The Morgan fingerprint density at radius 1 is 0.938 bits per heavy atom. The zero-order chi connectivity index (χ0) is 11.9. The summed E-state index contributed by atoms with van der Waals surface area (Å²) in [5.41, 5.74) is 13.6. The smallest absolute Gasteiger partial charge is 0.0412 e. The van der Waals surface area contributed by atoms with Gasteiger partial charge in [-0.3, -0.25) is 0 Å². The molecule has 1 saturated carbocycles. The Morgan fingerprint density at radius 2 is 1.50 bits per heavy atom. The van der Waals surface area contributed by atoms with Gasteiger partial charge in [-0.15, -0.1) is 0 Å². The third kappa shape index (κ3) is 1.67. The van der Waals surface area contributed by atoms with Gasteiger partial charge >= 0.3 is 0 Å². The predicted octanol–water partition coefficient (Wildman–Crippen LogP) is 3.65. The molecule has 16 heavy (non-hydrogen) atoms. The molecule has 0 unspecified atom stereocenters. The number of rotatable bonds is 1. The van der Waals surface area contributed by atoms with Gasteiger partial charge in [-0.2, -0.15) is 0 Å². The van der Waals surface area contributed by atoms with Crippen molar-refractivity contribution in [3.63, 3.8) is 0 Å². The highest BCUT2D eigenvalue weighted by atomic mass is 14.8. The minimum Gasteiger partial charge on any atom is -0.321 e. The van der Waals surface area contributed by atoms with Gasteiger partial charge in [0.15, 0.2) is 0 Å². The Balaban J connectivity index is 2.57. The van der Waals surface area contributed by atoms with Crippen molar-refractivity contribution in [3.8, 4) is 0 Å². The molecular formula is C15H23N. The van der Waals surface area contributed by atoms with E-state index in [-0.39, 0.29) is 5.54 Å². The van der Waals surface area contributed by atoms with Gasteiger partial charge in [0.25, 0.3) is 0 Å². The summed E-state index contributed by atoms with van der Waals surface area (Å²) in [4.78, 5) is 0. The average molecular weight is 217 g/mol. The van der Waals surface area contributed by atoms with Crippen LogP contribution in [0, 0.1) is 27.7 Å². The van der Waals surface area contributed by atoms with Gasteiger partial charge in [-0.05, 0) is 68.4 Å². The number of aryl methyl sites for hydroxylation is 1. The summed E-state index contributed by atoms with van der Waals surface area (Å²) in [5, 5.41) is 0. The van der Waals surface area contributed by atoms with E-state index in [9.17, 15) is 0 Å². The first kappa shape index (κ1) is 11.7. The first-order valence-corrected chi connectivity index (χ1v) is 6.32. The molecule has 1 nitrogen and oxygen atoms in total. The SMILES string of the molecule is Cc1cc(C2(N)CCCC2)c(C)c(C)c1C. The van der Waals surface area contributed by atoms with Crippen LogP contribution in [0.1, 0.15) is 53.5 Å². The van der Waals surface area contributed by atoms with Crippen LogP contribution < -0.4 is 5.73 Å². The van der Waals surface area contributed by atoms with E-state index in [0.29, 0.717) is 0 Å². The minimum absolute atomic E-state index is 0.0483. The number of hydrogen-bond acceptors (Lipinski definition) is 1. The first-order valence-electron chi connectivity index (χ1n) is 6.32. The van der Waals surface area contributed by atoms with Crippen LogP contribution in [0.25, 0.3) is 0 Å². The van der Waals surface area contributed by atoms with Gasteiger partial charge in [0.05, 0.1) is 0 Å². The normalized spacial score (nSPS) is 19.1. The molecular weight excluding hydrogens is 194 g/mol. The number of hydrogen-bond donors (Lipinski definition) is 1. The van der Waals surface area contributed by atoms with Crippen LogP contribution in [0.4, 0.5) is 0 Å². The van der Waals surface area contributed by atoms with E-state index in [1.54, 1.807) is 0 Å². The quantitative estimate of drug-likeness (QED) is 0.763. The van der Waals surface area contributed by atoms with Gasteiger partial charge in [-0.1, -0.05) is 18.9 Å². The maximum absolute atomic E-state index is 6.57. The summed E-state index contributed by atoms with van der Waals surface area (Å²) in [5.74, 6) is 0. The molecule has 0 atom stereocenters. The third-order valence-corrected chi connectivity index (χ3v) is 4.51. The third-order valence-electron chi connectivity index (χ3n) is 4.51. The highest BCUT2D eigenvalue weighted by molar-refractivity contribution is 5.46. The molecule has 88 valence electrons. The van der Waals surface area contributed by atoms with Crippen LogP contribution in [0.5, 0.6) is 0 Å². The second kappa shape index (κ2) is 3.89. The number of benzene rings is 1. The van der Waals surface area contributed by atoms with E-state index >= 15 is 0 Å². The summed E-state index contributed by atoms with van der Waals surface area (Å²) < 4.78 is 0. The van der Waals surface area contributed by atoms with Crippen molar-refractivity contribution in [2.24, 2.45) is 5.73 Å². The van der Waals surface area contributed by atoms with Crippen LogP contribution >= 0.6 is 0 Å². The lowest BCUT2D eigenvalue weighted by atomic mass is 9.82. The van der Waals surface area contributed by atoms with Crippen LogP contribution in [-0.4, -0.2) is 0 Å². The summed E-state index contributed by atoms with van der Waals surface area (Å²) in [7, 11) is 0. The van der Waals surface area contributed by atoms with Crippen LogP contribution in [-0.2, 0) is 5.54 Å². The Kier molecular flexibility index (Phi) is 2.83. The van der Waals surface area contributed by atoms with Crippen molar-refractivity contribution in [3.05, 3.63) is 33.9 Å². The first-order chi connectivity index (χ1) is 7.46. The zero-order valence-corrected chi connectivity index (χ0v) is 11.0. The maximum atomic E-state index is 6.57. The fraction of sp³-hybridized carbons (Fsp3) is 0.600. The van der Waals surface area contributed by atoms with Crippen molar-refractivity contribution in [1.82, 2.24) is 0 Å². The van der Waals surface area contributed by atoms with Crippen molar-refractivity contribution in [2.75, 3.05) is 0 Å². The summed E-state index contributed by atoms with van der Waals surface area (Å²) in [6.07, 6.45) is 4.86. The zero-order valence-electron chi connectivity index (χ0n) is 11.0. The Hall–Kier alpha value is -0.820. The summed E-state index contributed by atoms with van der Waals surface area (Å²) in [6, 6.07) is 2.32. The van der Waals surface area contributed by atoms with Crippen molar-refractivity contribution in [2.45, 2.75) is 58.9 Å². The molecule has 0 saturated heterocycles. The molecule has 0 radical (unpaired) electrons. The lowest BCUT2D eigenvalue weighted by Gasteiger charge is -2.28. The van der Waals surface area contributed by atoms with E-state index in [1.165, 1.54) is 40.7 Å². The molecule has 1 aromatic carbocycles. The summed E-state index contributed by atoms with van der Waals surface area (Å²) >= 11 is 0. The molecule has 0 heterocycles. The molecule has 0 amide bonds. The maximum Gasteiger partial charge on any atom is 0.0412 e. The molecule has 1 heteroatoms. The fourth-order valence-corrected chi connectivity index (χ4v) is 3.00. The molecule has 0 aromatic heterocycles. The Morgan fingerprint density at radius 3 is 2.06 bits per heavy atom. The van der Waals surface area contributed by atoms with Gasteiger partial charge in [0.1, 0.15) is 0 Å². The highest BCUT2D eigenvalue weighted by Gasteiger charge is 2.33. The second-order valence-corrected chi connectivity index (χ2v) is 5.48. The fourth-order valence-electron chi connectivity index (χ4n) is 3.00. The van der Waals surface area contributed by atoms with E-state index in [1.807, 2.05) is 0 Å². The summed E-state index contributed by atoms with van der Waals surface area (Å²) in [6.45, 7) is 8.85. The molecule has 1 aliphatic rings. The number of nitrogens with two attached hydrogens (primary N) is 1. The van der Waals surface area contributed by atoms with Crippen LogP contribution in [0.3, 0.4) is 0 Å². The van der Waals surface area contributed by atoms with Crippen molar-refractivity contribution < 1.29 is 0 Å². The van der Waals surface area contributed by atoms with E-state index < -0.39 is 0 Å². The van der Waals surface area contributed by atoms with Crippen LogP contribution in [0.2, 0.25) is 0 Å². The standard InChI is InChI=1S/C15H23N/c1-10-9-14(13(4)12(3)11(10)2)15(16)7-5-6-8-15/h9H,5-8,16H2,1-4H3. The molecule has 1 aromatic rings. The Bertz CT molecular complexity index is 412.